The van der Waals surface area contributed by atoms with Gasteiger partial charge in [0.1, 0.15) is 5.21 Å². The number of hydrogen-bond donors (Lipinski definition) is 0. The molecule has 0 atom stereocenters. The fourth-order valence-electron chi connectivity index (χ4n) is 1.74. The van der Waals surface area contributed by atoms with Crippen LogP contribution in [0.15, 0.2) is 54.6 Å². The summed E-state index contributed by atoms with van der Waals surface area (Å²) in [6.45, 7) is 0. The summed E-state index contributed by atoms with van der Waals surface area (Å²) in [6, 6.07) is 17.0. The predicted octanol–water partition coefficient (Wildman–Crippen LogP) is 1.66. The zero-order valence-electron chi connectivity index (χ0n) is 8.45. The molecule has 0 unspecified atom stereocenters. The number of aromatic nitrogens is 3. The van der Waals surface area contributed by atoms with E-state index in [1.165, 1.54) is 0 Å². The second-order valence-corrected chi connectivity index (χ2v) is 3.50. The highest BCUT2D eigenvalue weighted by atomic mass is 16.5. The minimum absolute atomic E-state index is 0.575. The first-order valence-electron chi connectivity index (χ1n) is 4.99. The molecule has 0 radical (unpaired) electrons. The molecule has 3 aromatic rings. The maximum Gasteiger partial charge on any atom is 0.205 e. The highest BCUT2D eigenvalue weighted by Crippen LogP contribution is 2.13. The summed E-state index contributed by atoms with van der Waals surface area (Å²) in [5.74, 6) is 0. The third-order valence-corrected chi connectivity index (χ3v) is 2.49. The molecular formula is C12H9N3O. The Morgan fingerprint density at radius 1 is 0.938 bits per heavy atom. The minimum atomic E-state index is 0.575. The molecule has 2 aromatic carbocycles. The maximum atomic E-state index is 11.6. The van der Waals surface area contributed by atoms with Crippen LogP contribution in [0.1, 0.15) is 0 Å². The van der Waals surface area contributed by atoms with Gasteiger partial charge < -0.3 is 5.21 Å². The molecule has 4 nitrogen and oxygen atoms in total. The lowest BCUT2D eigenvalue weighted by Gasteiger charge is -1.92. The lowest BCUT2D eigenvalue weighted by Crippen LogP contribution is -2.29. The Hall–Kier alpha value is -2.36. The summed E-state index contributed by atoms with van der Waals surface area (Å²) >= 11 is 0. The number of para-hydroxylation sites is 3. The Labute approximate surface area is 91.9 Å². The second kappa shape index (κ2) is 3.34. The van der Waals surface area contributed by atoms with Gasteiger partial charge in [-0.1, -0.05) is 35.0 Å². The monoisotopic (exact) mass is 211 g/mol. The molecule has 0 amide bonds. The lowest BCUT2D eigenvalue weighted by molar-refractivity contribution is -0.645. The van der Waals surface area contributed by atoms with Crippen LogP contribution in [0.25, 0.3) is 16.7 Å². The number of benzene rings is 2. The molecule has 1 aromatic heterocycles. The summed E-state index contributed by atoms with van der Waals surface area (Å²) in [5, 5.41) is 15.5. The average Bonchev–Trinajstić information content (AvgIpc) is 2.69. The minimum Gasteiger partial charge on any atom is -0.691 e. The first-order valence-corrected chi connectivity index (χ1v) is 4.99. The summed E-state index contributed by atoms with van der Waals surface area (Å²) in [7, 11) is 0. The first-order chi connectivity index (χ1) is 7.86. The smallest absolute Gasteiger partial charge is 0.205 e. The van der Waals surface area contributed by atoms with Gasteiger partial charge in [0.2, 0.25) is 11.0 Å². The van der Waals surface area contributed by atoms with E-state index in [4.69, 9.17) is 0 Å². The quantitative estimate of drug-likeness (QED) is 0.454. The van der Waals surface area contributed by atoms with Crippen molar-refractivity contribution >= 4 is 11.0 Å². The Morgan fingerprint density at radius 3 is 2.44 bits per heavy atom. The third kappa shape index (κ3) is 1.24. The van der Waals surface area contributed by atoms with Crippen LogP contribution in [0.4, 0.5) is 0 Å². The van der Waals surface area contributed by atoms with E-state index in [0.717, 1.165) is 11.2 Å². The van der Waals surface area contributed by atoms with Crippen molar-refractivity contribution in [3.63, 3.8) is 0 Å². The molecule has 0 saturated heterocycles. The molecular weight excluding hydrogens is 202 g/mol. The number of rotatable bonds is 1. The Balaban J connectivity index is 2.33. The van der Waals surface area contributed by atoms with Gasteiger partial charge in [-0.25, -0.2) is 0 Å². The van der Waals surface area contributed by atoms with Crippen molar-refractivity contribution in [1.29, 1.82) is 0 Å². The molecule has 4 heteroatoms. The highest BCUT2D eigenvalue weighted by molar-refractivity contribution is 5.73. The molecule has 78 valence electrons. The molecule has 0 aliphatic heterocycles. The van der Waals surface area contributed by atoms with Crippen LogP contribution >= 0.6 is 0 Å². The molecule has 0 spiro atoms. The normalized spacial score (nSPS) is 10.8. The molecule has 0 aliphatic rings. The molecule has 0 N–H and O–H groups in total. The Bertz CT molecular complexity index is 631. The van der Waals surface area contributed by atoms with E-state index in [1.807, 2.05) is 48.5 Å². The van der Waals surface area contributed by atoms with Gasteiger partial charge >= 0.3 is 0 Å². The van der Waals surface area contributed by atoms with Crippen LogP contribution in [0, 0.1) is 5.21 Å². The van der Waals surface area contributed by atoms with Crippen LogP contribution in [-0.4, -0.2) is 9.90 Å². The fourth-order valence-corrected chi connectivity index (χ4v) is 1.74. The zero-order chi connectivity index (χ0) is 11.0. The summed E-state index contributed by atoms with van der Waals surface area (Å²) in [6.07, 6.45) is 0. The zero-order valence-corrected chi connectivity index (χ0v) is 8.45. The largest absolute Gasteiger partial charge is 0.691 e. The molecule has 0 bridgehead atoms. The molecule has 0 fully saturated rings. The van der Waals surface area contributed by atoms with Crippen LogP contribution < -0.4 is 4.85 Å². The van der Waals surface area contributed by atoms with E-state index in [2.05, 4.69) is 5.21 Å². The van der Waals surface area contributed by atoms with E-state index < -0.39 is 0 Å². The molecule has 0 aliphatic carbocycles. The van der Waals surface area contributed by atoms with Crippen molar-refractivity contribution in [3.05, 3.63) is 59.8 Å². The molecule has 0 saturated carbocycles. The number of fused-ring (bicyclic) bond motifs is 1. The predicted molar refractivity (Wildman–Crippen MR) is 60.0 cm³/mol. The number of hydrogen-bond acceptors (Lipinski definition) is 2. The van der Waals surface area contributed by atoms with Crippen LogP contribution in [-0.2, 0) is 0 Å². The van der Waals surface area contributed by atoms with Crippen LogP contribution in [0.5, 0.6) is 0 Å². The van der Waals surface area contributed by atoms with Gasteiger partial charge in [0, 0.05) is 0 Å². The van der Waals surface area contributed by atoms with Crippen LogP contribution in [0.3, 0.4) is 0 Å². The van der Waals surface area contributed by atoms with Crippen molar-refractivity contribution in [2.24, 2.45) is 0 Å². The highest BCUT2D eigenvalue weighted by Gasteiger charge is 2.14. The van der Waals surface area contributed by atoms with E-state index in [0.29, 0.717) is 10.4 Å². The summed E-state index contributed by atoms with van der Waals surface area (Å²) in [4.78, 5) is 0.641. The number of nitrogens with zero attached hydrogens (tertiary/aromatic N) is 3. The molecule has 16 heavy (non-hydrogen) atoms. The van der Waals surface area contributed by atoms with Gasteiger partial charge in [0.05, 0.1) is 0 Å². The van der Waals surface area contributed by atoms with E-state index in [9.17, 15) is 5.21 Å². The topological polar surface area (TPSA) is 44.8 Å². The summed E-state index contributed by atoms with van der Waals surface area (Å²) < 4.78 is 1.64. The van der Waals surface area contributed by atoms with Gasteiger partial charge in [-0.2, -0.15) is 0 Å². The van der Waals surface area contributed by atoms with E-state index in [1.54, 1.807) is 10.7 Å². The lowest BCUT2D eigenvalue weighted by atomic mass is 10.3. The van der Waals surface area contributed by atoms with E-state index in [-0.39, 0.29) is 0 Å². The summed E-state index contributed by atoms with van der Waals surface area (Å²) in [5.41, 5.74) is 2.27. The standard InChI is InChI=1S/C12H9N3O/c16-15-12-9-5-4-8-11(12)14(13-15)10-6-2-1-3-7-10/h1-9H. The average molecular weight is 211 g/mol. The molecule has 3 rings (SSSR count). The Morgan fingerprint density at radius 2 is 1.62 bits per heavy atom. The van der Waals surface area contributed by atoms with Crippen LogP contribution in [0.2, 0.25) is 0 Å². The van der Waals surface area contributed by atoms with Crippen molar-refractivity contribution in [1.82, 2.24) is 9.90 Å². The maximum absolute atomic E-state index is 11.6. The SMILES string of the molecule is [O-][n+]1nn(-c2ccccc2)c2ccccc21. The van der Waals surface area contributed by atoms with Gasteiger partial charge in [0.25, 0.3) is 0 Å². The second-order valence-electron chi connectivity index (χ2n) is 3.50. The van der Waals surface area contributed by atoms with Gasteiger partial charge in [-0.15, -0.1) is 4.85 Å². The van der Waals surface area contributed by atoms with Gasteiger partial charge in [-0.05, 0) is 24.3 Å². The van der Waals surface area contributed by atoms with Gasteiger partial charge in [-0.3, -0.25) is 0 Å². The molecule has 1 heterocycles. The fraction of sp³-hybridized carbons (Fsp3) is 0. The first kappa shape index (κ1) is 8.91. The third-order valence-electron chi connectivity index (χ3n) is 2.49. The van der Waals surface area contributed by atoms with E-state index >= 15 is 0 Å². The van der Waals surface area contributed by atoms with Crippen molar-refractivity contribution in [2.45, 2.75) is 0 Å². The van der Waals surface area contributed by atoms with Crippen molar-refractivity contribution in [2.75, 3.05) is 0 Å². The van der Waals surface area contributed by atoms with Crippen molar-refractivity contribution in [3.8, 4) is 5.69 Å². The Kier molecular flexibility index (Phi) is 1.86. The van der Waals surface area contributed by atoms with Crippen molar-refractivity contribution < 1.29 is 4.85 Å². The van der Waals surface area contributed by atoms with Gasteiger partial charge in [0.15, 0.2) is 5.69 Å².